The molecule has 1 aliphatic rings. The van der Waals surface area contributed by atoms with Gasteiger partial charge in [0.25, 0.3) is 5.95 Å². The summed E-state index contributed by atoms with van der Waals surface area (Å²) in [6.45, 7) is 2.46. The van der Waals surface area contributed by atoms with Crippen LogP contribution in [-0.4, -0.2) is 20.7 Å². The molecule has 0 saturated carbocycles. The predicted molar refractivity (Wildman–Crippen MR) is 87.7 cm³/mol. The molecule has 1 atom stereocenters. The van der Waals surface area contributed by atoms with Crippen molar-refractivity contribution in [2.75, 3.05) is 0 Å². The molecule has 2 heterocycles. The highest BCUT2D eigenvalue weighted by atomic mass is 16.5. The Bertz CT molecular complexity index is 840. The van der Waals surface area contributed by atoms with E-state index in [0.29, 0.717) is 24.2 Å². The first-order chi connectivity index (χ1) is 11.3. The van der Waals surface area contributed by atoms with Gasteiger partial charge in [-0.25, -0.2) is 4.68 Å². The number of aromatic nitrogens is 3. The van der Waals surface area contributed by atoms with E-state index in [2.05, 4.69) is 27.2 Å². The van der Waals surface area contributed by atoms with E-state index >= 15 is 0 Å². The highest BCUT2D eigenvalue weighted by molar-refractivity contribution is 5.95. The Balaban J connectivity index is 1.80. The van der Waals surface area contributed by atoms with Crippen molar-refractivity contribution in [3.8, 4) is 0 Å². The van der Waals surface area contributed by atoms with Crippen LogP contribution in [0.3, 0.4) is 0 Å². The zero-order valence-corrected chi connectivity index (χ0v) is 12.8. The van der Waals surface area contributed by atoms with Crippen LogP contribution < -0.4 is 0 Å². The van der Waals surface area contributed by atoms with Crippen molar-refractivity contribution < 1.29 is 4.74 Å². The average Bonchev–Trinajstić information content (AvgIpc) is 2.84. The second-order valence-corrected chi connectivity index (χ2v) is 5.44. The number of rotatable bonds is 2. The molecule has 0 N–H and O–H groups in total. The van der Waals surface area contributed by atoms with Crippen LogP contribution in [0.4, 0.5) is 5.95 Å². The van der Waals surface area contributed by atoms with Gasteiger partial charge in [0, 0.05) is 5.56 Å². The van der Waals surface area contributed by atoms with Crippen molar-refractivity contribution in [2.45, 2.75) is 19.6 Å². The summed E-state index contributed by atoms with van der Waals surface area (Å²) < 4.78 is 8.02. The van der Waals surface area contributed by atoms with E-state index in [1.54, 1.807) is 0 Å². The van der Waals surface area contributed by atoms with E-state index in [1.165, 1.54) is 0 Å². The molecule has 114 valence electrons. The fourth-order valence-corrected chi connectivity index (χ4v) is 2.65. The average molecular weight is 304 g/mol. The number of aryl methyl sites for hydroxylation is 1. The first-order valence-electron chi connectivity index (χ1n) is 7.57. The molecule has 0 spiro atoms. The molecule has 0 radical (unpaired) electrons. The first kappa shape index (κ1) is 13.7. The number of hydrogen-bond acceptors (Lipinski definition) is 4. The lowest BCUT2D eigenvalue weighted by Gasteiger charge is -2.18. The maximum Gasteiger partial charge on any atom is 0.251 e. The fraction of sp³-hybridized carbons (Fsp3) is 0.167. The molecule has 1 aromatic heterocycles. The van der Waals surface area contributed by atoms with Gasteiger partial charge >= 0.3 is 0 Å². The Morgan fingerprint density at radius 3 is 2.43 bits per heavy atom. The van der Waals surface area contributed by atoms with Gasteiger partial charge < -0.3 is 4.74 Å². The van der Waals surface area contributed by atoms with Crippen LogP contribution in [0.15, 0.2) is 65.7 Å². The van der Waals surface area contributed by atoms with Crippen molar-refractivity contribution in [1.82, 2.24) is 14.8 Å². The minimum absolute atomic E-state index is 0.155. The molecule has 1 aliphatic heterocycles. The maximum atomic E-state index is 6.21. The summed E-state index contributed by atoms with van der Waals surface area (Å²) in [4.78, 5) is 8.99. The van der Waals surface area contributed by atoms with Crippen LogP contribution in [-0.2, 0) is 11.3 Å². The Hall–Kier alpha value is -2.95. The summed E-state index contributed by atoms with van der Waals surface area (Å²) >= 11 is 0. The van der Waals surface area contributed by atoms with E-state index < -0.39 is 0 Å². The van der Waals surface area contributed by atoms with E-state index in [9.17, 15) is 0 Å². The van der Waals surface area contributed by atoms with Gasteiger partial charge in [0.1, 0.15) is 11.9 Å². The lowest BCUT2D eigenvalue weighted by atomic mass is 10.1. The van der Waals surface area contributed by atoms with E-state index in [4.69, 9.17) is 4.74 Å². The maximum absolute atomic E-state index is 6.21. The second-order valence-electron chi connectivity index (χ2n) is 5.44. The van der Waals surface area contributed by atoms with E-state index in [-0.39, 0.29) is 6.10 Å². The molecule has 3 aromatic rings. The summed E-state index contributed by atoms with van der Waals surface area (Å²) in [5.41, 5.74) is 2.03. The SMILES string of the molecule is Cc1nc2n(n1)CC(c1ccccc1)OC(c1ccccc1)=N2. The molecule has 0 amide bonds. The summed E-state index contributed by atoms with van der Waals surface area (Å²) in [5, 5.41) is 4.43. The zero-order chi connectivity index (χ0) is 15.6. The Morgan fingerprint density at radius 2 is 1.70 bits per heavy atom. The standard InChI is InChI=1S/C18H16N4O/c1-13-19-18-20-17(15-10-6-3-7-11-15)23-16(12-22(18)21-13)14-8-4-2-5-9-14/h2-11,16H,12H2,1H3. The van der Waals surface area contributed by atoms with Crippen molar-refractivity contribution >= 4 is 11.8 Å². The van der Waals surface area contributed by atoms with E-state index in [1.807, 2.05) is 60.1 Å². The van der Waals surface area contributed by atoms with E-state index in [0.717, 1.165) is 11.1 Å². The summed E-state index contributed by atoms with van der Waals surface area (Å²) in [5.74, 6) is 1.87. The first-order valence-corrected chi connectivity index (χ1v) is 7.57. The Labute approximate surface area is 134 Å². The molecule has 0 aliphatic carbocycles. The molecule has 0 saturated heterocycles. The van der Waals surface area contributed by atoms with Gasteiger partial charge in [0.05, 0.1) is 6.54 Å². The van der Waals surface area contributed by atoms with Crippen molar-refractivity contribution in [3.63, 3.8) is 0 Å². The lowest BCUT2D eigenvalue weighted by Crippen LogP contribution is -2.15. The number of aliphatic imine (C=N–C) groups is 1. The Kier molecular flexibility index (Phi) is 3.38. The fourth-order valence-electron chi connectivity index (χ4n) is 2.65. The van der Waals surface area contributed by atoms with Crippen LogP contribution in [0.5, 0.6) is 0 Å². The van der Waals surface area contributed by atoms with Crippen LogP contribution in [0.1, 0.15) is 23.1 Å². The molecular formula is C18H16N4O. The number of benzene rings is 2. The second kappa shape index (κ2) is 5.68. The summed E-state index contributed by atoms with van der Waals surface area (Å²) in [6.07, 6.45) is -0.155. The van der Waals surface area contributed by atoms with Crippen molar-refractivity contribution in [2.24, 2.45) is 4.99 Å². The van der Waals surface area contributed by atoms with Crippen LogP contribution >= 0.6 is 0 Å². The third-order valence-electron chi connectivity index (χ3n) is 3.74. The minimum Gasteiger partial charge on any atom is -0.467 e. The third-order valence-corrected chi connectivity index (χ3v) is 3.74. The molecule has 4 rings (SSSR count). The van der Waals surface area contributed by atoms with Crippen LogP contribution in [0.25, 0.3) is 0 Å². The van der Waals surface area contributed by atoms with Gasteiger partial charge in [-0.05, 0) is 24.6 Å². The number of ether oxygens (including phenoxy) is 1. The topological polar surface area (TPSA) is 52.3 Å². The highest BCUT2D eigenvalue weighted by Gasteiger charge is 2.24. The van der Waals surface area contributed by atoms with Gasteiger partial charge in [0.15, 0.2) is 0 Å². The van der Waals surface area contributed by atoms with Gasteiger partial charge in [0.2, 0.25) is 5.90 Å². The zero-order valence-electron chi connectivity index (χ0n) is 12.8. The molecular weight excluding hydrogens is 288 g/mol. The largest absolute Gasteiger partial charge is 0.467 e. The van der Waals surface area contributed by atoms with Crippen LogP contribution in [0.2, 0.25) is 0 Å². The van der Waals surface area contributed by atoms with Crippen molar-refractivity contribution in [1.29, 1.82) is 0 Å². The highest BCUT2D eigenvalue weighted by Crippen LogP contribution is 2.27. The molecule has 1 unspecified atom stereocenters. The normalized spacial score (nSPS) is 16.9. The quantitative estimate of drug-likeness (QED) is 0.729. The van der Waals surface area contributed by atoms with Gasteiger partial charge in [-0.15, -0.1) is 0 Å². The van der Waals surface area contributed by atoms with Gasteiger partial charge in [-0.1, -0.05) is 48.5 Å². The van der Waals surface area contributed by atoms with Gasteiger partial charge in [-0.3, -0.25) is 0 Å². The summed E-state index contributed by atoms with van der Waals surface area (Å²) in [7, 11) is 0. The number of hydrogen-bond donors (Lipinski definition) is 0. The lowest BCUT2D eigenvalue weighted by molar-refractivity contribution is 0.172. The smallest absolute Gasteiger partial charge is 0.251 e. The van der Waals surface area contributed by atoms with Crippen molar-refractivity contribution in [3.05, 3.63) is 77.6 Å². The third kappa shape index (κ3) is 2.73. The number of nitrogens with zero attached hydrogens (tertiary/aromatic N) is 4. The molecule has 2 aromatic carbocycles. The molecule has 5 nitrogen and oxygen atoms in total. The molecule has 0 fully saturated rings. The van der Waals surface area contributed by atoms with Crippen LogP contribution in [0, 0.1) is 6.92 Å². The number of fused-ring (bicyclic) bond motifs is 1. The molecule has 23 heavy (non-hydrogen) atoms. The Morgan fingerprint density at radius 1 is 1.00 bits per heavy atom. The van der Waals surface area contributed by atoms with Gasteiger partial charge in [-0.2, -0.15) is 15.1 Å². The minimum atomic E-state index is -0.155. The summed E-state index contributed by atoms with van der Waals surface area (Å²) in [6, 6.07) is 20.0. The molecule has 5 heteroatoms. The monoisotopic (exact) mass is 304 g/mol. The predicted octanol–water partition coefficient (Wildman–Crippen LogP) is 3.44. The molecule has 0 bridgehead atoms.